The van der Waals surface area contributed by atoms with Gasteiger partial charge in [0.25, 0.3) is 0 Å². The van der Waals surface area contributed by atoms with Gasteiger partial charge in [-0.15, -0.1) is 11.3 Å². The van der Waals surface area contributed by atoms with Gasteiger partial charge >= 0.3 is 0 Å². The van der Waals surface area contributed by atoms with E-state index in [4.69, 9.17) is 8.83 Å². The molecule has 8 nitrogen and oxygen atoms in total. The van der Waals surface area contributed by atoms with E-state index < -0.39 is 0 Å². The number of hydrogen-bond acceptors (Lipinski definition) is 3. The van der Waals surface area contributed by atoms with E-state index in [-0.39, 0.29) is 0 Å². The number of hydrogen-bond donors (Lipinski definition) is 0. The van der Waals surface area contributed by atoms with E-state index in [0.717, 1.165) is 72.3 Å². The molecule has 0 unspecified atom stereocenters. The van der Waals surface area contributed by atoms with Crippen LogP contribution in [-0.2, 0) is 0 Å². The predicted octanol–water partition coefficient (Wildman–Crippen LogP) is 34.8. The molecule has 0 bridgehead atoms. The Kier molecular flexibility index (Phi) is 17.2. The van der Waals surface area contributed by atoms with E-state index >= 15 is 0 Å². The second-order valence-electron chi connectivity index (χ2n) is 35.4. The zero-order chi connectivity index (χ0) is 88.5. The molecule has 0 N–H and O–H groups in total. The molecule has 9 heteroatoms. The zero-order valence-corrected chi connectivity index (χ0v) is 73.8. The van der Waals surface area contributed by atoms with Crippen molar-refractivity contribution in [3.05, 3.63) is 473 Å². The maximum atomic E-state index is 6.13. The summed E-state index contributed by atoms with van der Waals surface area (Å²) in [6.07, 6.45) is 0. The smallest absolute Gasteiger partial charge is 0.135 e. The number of nitrogens with zero attached hydrogens (tertiary/aromatic N) is 6. The van der Waals surface area contributed by atoms with Crippen LogP contribution >= 0.6 is 11.3 Å². The maximum Gasteiger partial charge on any atom is 0.135 e. The molecular formula is C126H78N6O2S. The van der Waals surface area contributed by atoms with Crippen molar-refractivity contribution in [3.63, 3.8) is 0 Å². The topological polar surface area (TPSA) is 55.9 Å². The lowest BCUT2D eigenvalue weighted by Gasteiger charge is -2.10. The second-order valence-corrected chi connectivity index (χ2v) is 36.4. The molecule has 0 saturated carbocycles. The summed E-state index contributed by atoms with van der Waals surface area (Å²) in [6, 6.07) is 171. The molecule has 9 heterocycles. The first kappa shape index (κ1) is 76.1. The Labute approximate surface area is 777 Å². The lowest BCUT2D eigenvalue weighted by Crippen LogP contribution is -1.95. The summed E-state index contributed by atoms with van der Waals surface area (Å²) < 4.78 is 29.4. The first-order chi connectivity index (χ1) is 66.9. The molecule has 0 aliphatic carbocycles. The van der Waals surface area contributed by atoms with Crippen LogP contribution in [0.15, 0.2) is 482 Å². The fraction of sp³-hybridized carbons (Fsp3) is 0. The Morgan fingerprint density at radius 1 is 0.126 bits per heavy atom. The highest BCUT2D eigenvalue weighted by atomic mass is 32.1. The molecular weight excluding hydrogens is 1660 g/mol. The Balaban J connectivity index is 0.000000101. The molecule has 0 atom stereocenters. The van der Waals surface area contributed by atoms with E-state index in [0.29, 0.717) is 0 Å². The molecule has 0 aliphatic rings. The van der Waals surface area contributed by atoms with Crippen molar-refractivity contribution in [1.82, 2.24) is 27.4 Å². The highest BCUT2D eigenvalue weighted by Crippen LogP contribution is 2.48. The third-order valence-electron chi connectivity index (χ3n) is 27.9. The summed E-state index contributed by atoms with van der Waals surface area (Å²) in [5.74, 6) is 0. The third kappa shape index (κ3) is 12.1. The molecule has 0 fully saturated rings. The van der Waals surface area contributed by atoms with E-state index in [1.54, 1.807) is 0 Å². The first-order valence-electron chi connectivity index (χ1n) is 46.1. The molecule has 30 rings (SSSR count). The van der Waals surface area contributed by atoms with Gasteiger partial charge in [-0.25, -0.2) is 0 Å². The normalized spacial score (nSPS) is 12.0. The number of furan rings is 2. The van der Waals surface area contributed by atoms with E-state index in [1.165, 1.54) is 190 Å². The Morgan fingerprint density at radius 2 is 0.356 bits per heavy atom. The highest BCUT2D eigenvalue weighted by Gasteiger charge is 2.26. The van der Waals surface area contributed by atoms with Gasteiger partial charge in [0.2, 0.25) is 0 Å². The van der Waals surface area contributed by atoms with Crippen molar-refractivity contribution in [1.29, 1.82) is 0 Å². The van der Waals surface area contributed by atoms with Gasteiger partial charge in [-0.3, -0.25) is 0 Å². The van der Waals surface area contributed by atoms with Crippen LogP contribution in [0.2, 0.25) is 0 Å². The number of thiophene rings is 1. The van der Waals surface area contributed by atoms with Gasteiger partial charge in [-0.05, 0) is 246 Å². The first-order valence-corrected chi connectivity index (χ1v) is 46.9. The number of aromatic nitrogens is 6. The molecule has 0 amide bonds. The molecule has 0 spiro atoms. The second kappa shape index (κ2) is 30.4. The quantitative estimate of drug-likeness (QED) is 0.145. The average molecular weight is 1740 g/mol. The van der Waals surface area contributed by atoms with Crippen molar-refractivity contribution in [3.8, 4) is 67.5 Å². The number of para-hydroxylation sites is 11. The zero-order valence-electron chi connectivity index (χ0n) is 72.9. The van der Waals surface area contributed by atoms with Crippen molar-refractivity contribution in [2.45, 2.75) is 0 Å². The molecule has 30 aromatic rings. The molecule has 0 aliphatic heterocycles. The van der Waals surface area contributed by atoms with Crippen molar-refractivity contribution < 1.29 is 8.83 Å². The van der Waals surface area contributed by atoms with Gasteiger partial charge in [0.1, 0.15) is 22.3 Å². The van der Waals surface area contributed by atoms with Gasteiger partial charge < -0.3 is 36.2 Å². The van der Waals surface area contributed by atoms with Crippen LogP contribution < -0.4 is 0 Å². The molecule has 9 aromatic heterocycles. The van der Waals surface area contributed by atoms with Crippen LogP contribution in [0, 0.1) is 0 Å². The van der Waals surface area contributed by atoms with Crippen LogP contribution in [0.3, 0.4) is 0 Å². The monoisotopic (exact) mass is 1740 g/mol. The van der Waals surface area contributed by atoms with Crippen molar-refractivity contribution >= 4 is 206 Å². The van der Waals surface area contributed by atoms with Crippen LogP contribution in [0.1, 0.15) is 0 Å². The largest absolute Gasteiger partial charge is 0.456 e. The summed E-state index contributed by atoms with van der Waals surface area (Å²) >= 11 is 1.87. The fourth-order valence-electron chi connectivity index (χ4n) is 21.8. The van der Waals surface area contributed by atoms with Crippen molar-refractivity contribution in [2.24, 2.45) is 0 Å². The van der Waals surface area contributed by atoms with Gasteiger partial charge in [0.05, 0.1) is 66.2 Å². The molecule has 0 radical (unpaired) electrons. The Morgan fingerprint density at radius 3 is 0.733 bits per heavy atom. The number of fused-ring (bicyclic) bond motifs is 27. The number of benzene rings is 21. The van der Waals surface area contributed by atoms with Crippen LogP contribution in [0.25, 0.3) is 262 Å². The molecule has 135 heavy (non-hydrogen) atoms. The SMILES string of the molecule is c1ccc(-n2c3ccccc3c3cc4c5cc(-c6ccc7oc8ccccc8c7c6)ccc5n(-c5ccccc5)c4cc32)cc1.c1ccc(-n2c3ccccc3c3cc4c5cc(-c6ccc7sc8ccccc8c7c6)ccc5n(-c5ccccc5)c4cc32)cc1.c1ccc(-n2c3ccccc3c3cc4c5ccc(-c6ccc7oc8ccccc8c7c6)cc5n(-c5ccccc5)c4cc32)cc1. The molecule has 21 aromatic carbocycles. The minimum atomic E-state index is 0.914. The predicted molar refractivity (Wildman–Crippen MR) is 569 cm³/mol. The standard InChI is InChI=1S/2C42H26N2O.C42H26N2S/c1-3-11-29(12-4-1)43-37-17-9-7-15-31(37)34-25-35-32-21-19-28(27-20-22-42-36(23-27)33-16-8-10-18-41(33)45-42)24-38(32)44(40(35)26-39(34)43)30-13-5-2-6-14-30;2*1-3-11-29(12-4-1)43-37-17-9-7-15-31(37)34-25-35-33-23-27(28-20-22-42-36(24-28)32-16-8-10-18-41(32)45-42)19-21-38(33)44(40(35)26-39(34)43)30-13-5-2-6-14-30/h3*1-26H. The van der Waals surface area contributed by atoms with Crippen LogP contribution in [-0.4, -0.2) is 27.4 Å². The number of rotatable bonds is 9. The fourth-order valence-corrected chi connectivity index (χ4v) is 22.9. The molecule has 0 saturated heterocycles. The minimum absolute atomic E-state index is 0.914. The van der Waals surface area contributed by atoms with Crippen molar-refractivity contribution in [2.75, 3.05) is 0 Å². The van der Waals surface area contributed by atoms with E-state index in [1.807, 2.05) is 35.6 Å². The van der Waals surface area contributed by atoms with E-state index in [2.05, 4.69) is 476 Å². The summed E-state index contributed by atoms with van der Waals surface area (Å²) in [4.78, 5) is 0. The Hall–Kier alpha value is -17.8. The summed E-state index contributed by atoms with van der Waals surface area (Å²) in [5, 5.41) is 22.3. The lowest BCUT2D eigenvalue weighted by atomic mass is 10.00. The van der Waals surface area contributed by atoms with Crippen LogP contribution in [0.4, 0.5) is 0 Å². The highest BCUT2D eigenvalue weighted by molar-refractivity contribution is 7.25. The minimum Gasteiger partial charge on any atom is -0.456 e. The lowest BCUT2D eigenvalue weighted by molar-refractivity contribution is 0.668. The molecule has 630 valence electrons. The van der Waals surface area contributed by atoms with Gasteiger partial charge in [-0.2, -0.15) is 0 Å². The van der Waals surface area contributed by atoms with Gasteiger partial charge in [0, 0.05) is 140 Å². The van der Waals surface area contributed by atoms with Gasteiger partial charge in [0.15, 0.2) is 0 Å². The Bertz CT molecular complexity index is 9610. The van der Waals surface area contributed by atoms with E-state index in [9.17, 15) is 0 Å². The average Bonchev–Trinajstić information content (AvgIpc) is 1.56. The summed E-state index contributed by atoms with van der Waals surface area (Å²) in [7, 11) is 0. The van der Waals surface area contributed by atoms with Gasteiger partial charge in [-0.1, -0.05) is 261 Å². The van der Waals surface area contributed by atoms with Crippen LogP contribution in [0.5, 0.6) is 0 Å². The third-order valence-corrected chi connectivity index (χ3v) is 29.0. The summed E-state index contributed by atoms with van der Waals surface area (Å²) in [5.41, 5.74) is 32.3. The maximum absolute atomic E-state index is 6.13. The summed E-state index contributed by atoms with van der Waals surface area (Å²) in [6.45, 7) is 0.